The smallest absolute Gasteiger partial charge is 0.387 e. The average Bonchev–Trinajstić information content (AvgIpc) is 2.40. The van der Waals surface area contributed by atoms with Crippen LogP contribution in [0, 0.1) is 11.7 Å². The summed E-state index contributed by atoms with van der Waals surface area (Å²) >= 11 is 0. The molecule has 1 rings (SSSR count). The summed E-state index contributed by atoms with van der Waals surface area (Å²) in [7, 11) is 3.13. The van der Waals surface area contributed by atoms with E-state index in [-0.39, 0.29) is 24.1 Å². The van der Waals surface area contributed by atoms with E-state index in [4.69, 9.17) is 5.73 Å². The van der Waals surface area contributed by atoms with Gasteiger partial charge in [0.1, 0.15) is 0 Å². The van der Waals surface area contributed by atoms with Crippen LogP contribution in [0.4, 0.5) is 24.5 Å². The first-order valence-electron chi connectivity index (χ1n) is 6.22. The van der Waals surface area contributed by atoms with E-state index in [1.807, 2.05) is 0 Å². The maximum Gasteiger partial charge on any atom is 0.387 e. The van der Waals surface area contributed by atoms with Crippen LogP contribution in [0.15, 0.2) is 12.1 Å². The molecule has 0 radical (unpaired) electrons. The number of rotatable bonds is 6. The number of nitrogen functional groups attached to an aromatic ring is 1. The van der Waals surface area contributed by atoms with Crippen LogP contribution in [0.1, 0.15) is 6.92 Å². The van der Waals surface area contributed by atoms with Gasteiger partial charge in [0.05, 0.1) is 17.3 Å². The first-order chi connectivity index (χ1) is 9.76. The number of hydrogen-bond donors (Lipinski definition) is 2. The van der Waals surface area contributed by atoms with Gasteiger partial charge in [0.15, 0.2) is 11.6 Å². The summed E-state index contributed by atoms with van der Waals surface area (Å²) in [6.45, 7) is -1.15. The summed E-state index contributed by atoms with van der Waals surface area (Å²) in [6, 6.07) is 2.00. The summed E-state index contributed by atoms with van der Waals surface area (Å²) < 4.78 is 42.0. The first-order valence-corrected chi connectivity index (χ1v) is 6.22. The topological polar surface area (TPSA) is 67.6 Å². The Kier molecular flexibility index (Phi) is 5.69. The number of nitrogens with two attached hydrogens (primary N) is 1. The van der Waals surface area contributed by atoms with Gasteiger partial charge in [0.25, 0.3) is 0 Å². The molecule has 0 bridgehead atoms. The van der Waals surface area contributed by atoms with Crippen LogP contribution < -0.4 is 20.7 Å². The molecule has 1 unspecified atom stereocenters. The molecule has 1 aromatic carbocycles. The van der Waals surface area contributed by atoms with Crippen LogP contribution in [-0.4, -0.2) is 33.2 Å². The van der Waals surface area contributed by atoms with Crippen LogP contribution in [0.3, 0.4) is 0 Å². The molecule has 1 amide bonds. The average molecular weight is 305 g/mol. The highest BCUT2D eigenvalue weighted by atomic mass is 19.3. The van der Waals surface area contributed by atoms with Crippen molar-refractivity contribution in [2.45, 2.75) is 13.5 Å². The van der Waals surface area contributed by atoms with E-state index in [2.05, 4.69) is 10.1 Å². The van der Waals surface area contributed by atoms with Crippen molar-refractivity contribution >= 4 is 17.3 Å². The number of halogens is 3. The molecule has 0 spiro atoms. The minimum atomic E-state index is -3.13. The Labute approximate surface area is 120 Å². The van der Waals surface area contributed by atoms with E-state index in [1.54, 1.807) is 18.9 Å². The SMILES string of the molecule is CNC(=O)C(C)CN(C)c1cc(OC(F)F)c(F)cc1N. The Hall–Kier alpha value is -2.12. The molecule has 0 aliphatic heterocycles. The lowest BCUT2D eigenvalue weighted by atomic mass is 10.1. The van der Waals surface area contributed by atoms with Gasteiger partial charge in [-0.3, -0.25) is 4.79 Å². The van der Waals surface area contributed by atoms with Crippen molar-refractivity contribution < 1.29 is 22.7 Å². The van der Waals surface area contributed by atoms with Gasteiger partial charge in [-0.25, -0.2) is 4.39 Å². The minimum Gasteiger partial charge on any atom is -0.432 e. The molecule has 118 valence electrons. The largest absolute Gasteiger partial charge is 0.432 e. The molecule has 1 atom stereocenters. The molecule has 0 saturated heterocycles. The van der Waals surface area contributed by atoms with Crippen molar-refractivity contribution in [1.29, 1.82) is 0 Å². The van der Waals surface area contributed by atoms with E-state index >= 15 is 0 Å². The fourth-order valence-electron chi connectivity index (χ4n) is 1.91. The number of carbonyl (C=O) groups excluding carboxylic acids is 1. The van der Waals surface area contributed by atoms with Crippen LogP contribution in [0.5, 0.6) is 5.75 Å². The Morgan fingerprint density at radius 1 is 1.48 bits per heavy atom. The van der Waals surface area contributed by atoms with Crippen molar-refractivity contribution in [3.05, 3.63) is 17.9 Å². The Balaban J connectivity index is 2.98. The third kappa shape index (κ3) is 4.44. The van der Waals surface area contributed by atoms with Crippen molar-refractivity contribution in [3.63, 3.8) is 0 Å². The second kappa shape index (κ2) is 7.05. The molecule has 0 aliphatic carbocycles. The summed E-state index contributed by atoms with van der Waals surface area (Å²) in [5.41, 5.74) is 6.06. The molecule has 0 saturated carbocycles. The summed E-state index contributed by atoms with van der Waals surface area (Å²) in [5.74, 6) is -2.09. The lowest BCUT2D eigenvalue weighted by Crippen LogP contribution is -2.34. The van der Waals surface area contributed by atoms with Gasteiger partial charge in [-0.2, -0.15) is 8.78 Å². The molecule has 3 N–H and O–H groups in total. The van der Waals surface area contributed by atoms with Crippen LogP contribution in [-0.2, 0) is 4.79 Å². The predicted molar refractivity (Wildman–Crippen MR) is 73.9 cm³/mol. The third-order valence-corrected chi connectivity index (χ3v) is 2.95. The quantitative estimate of drug-likeness (QED) is 0.787. The lowest BCUT2D eigenvalue weighted by Gasteiger charge is -2.24. The number of benzene rings is 1. The van der Waals surface area contributed by atoms with Crippen LogP contribution in [0.2, 0.25) is 0 Å². The highest BCUT2D eigenvalue weighted by molar-refractivity contribution is 5.79. The van der Waals surface area contributed by atoms with Crippen molar-refractivity contribution in [3.8, 4) is 5.75 Å². The van der Waals surface area contributed by atoms with Gasteiger partial charge < -0.3 is 20.7 Å². The lowest BCUT2D eigenvalue weighted by molar-refractivity contribution is -0.123. The molecule has 5 nitrogen and oxygen atoms in total. The highest BCUT2D eigenvalue weighted by Gasteiger charge is 2.18. The van der Waals surface area contributed by atoms with Crippen LogP contribution >= 0.6 is 0 Å². The Morgan fingerprint density at radius 2 is 2.10 bits per heavy atom. The number of amides is 1. The molecular weight excluding hydrogens is 287 g/mol. The molecule has 0 aromatic heterocycles. The van der Waals surface area contributed by atoms with E-state index in [9.17, 15) is 18.0 Å². The Morgan fingerprint density at radius 3 is 2.62 bits per heavy atom. The van der Waals surface area contributed by atoms with E-state index in [0.717, 1.165) is 12.1 Å². The van der Waals surface area contributed by atoms with Gasteiger partial charge in [0, 0.05) is 32.8 Å². The maximum atomic E-state index is 13.5. The molecule has 0 fully saturated rings. The normalized spacial score (nSPS) is 12.1. The van der Waals surface area contributed by atoms with Gasteiger partial charge >= 0.3 is 6.61 Å². The van der Waals surface area contributed by atoms with E-state index < -0.39 is 18.2 Å². The number of ether oxygens (including phenoxy) is 1. The minimum absolute atomic E-state index is 0.0701. The van der Waals surface area contributed by atoms with Crippen LogP contribution in [0.25, 0.3) is 0 Å². The number of nitrogens with zero attached hydrogens (tertiary/aromatic N) is 1. The maximum absolute atomic E-state index is 13.5. The highest BCUT2D eigenvalue weighted by Crippen LogP contribution is 2.31. The number of alkyl halides is 2. The summed E-state index contributed by atoms with van der Waals surface area (Å²) in [6.07, 6.45) is 0. The zero-order valence-corrected chi connectivity index (χ0v) is 12.0. The number of anilines is 2. The molecule has 0 aliphatic rings. The zero-order chi connectivity index (χ0) is 16.2. The van der Waals surface area contributed by atoms with Gasteiger partial charge in [0.2, 0.25) is 5.91 Å². The number of nitrogens with one attached hydrogen (secondary N) is 1. The van der Waals surface area contributed by atoms with Crippen molar-refractivity contribution in [1.82, 2.24) is 5.32 Å². The number of carbonyl (C=O) groups is 1. The molecule has 8 heteroatoms. The predicted octanol–water partition coefficient (Wildman–Crippen LogP) is 1.83. The van der Waals surface area contributed by atoms with Gasteiger partial charge in [-0.15, -0.1) is 0 Å². The fraction of sp³-hybridized carbons (Fsp3) is 0.462. The monoisotopic (exact) mass is 305 g/mol. The third-order valence-electron chi connectivity index (χ3n) is 2.95. The zero-order valence-electron chi connectivity index (χ0n) is 12.0. The second-order valence-corrected chi connectivity index (χ2v) is 4.62. The van der Waals surface area contributed by atoms with Gasteiger partial charge in [-0.1, -0.05) is 6.92 Å². The molecule has 21 heavy (non-hydrogen) atoms. The molecular formula is C13H18F3N3O2. The molecule has 0 heterocycles. The standard InChI is InChI=1S/C13H18F3N3O2/c1-7(12(20)18-2)6-19(3)10-5-11(21-13(15)16)8(14)4-9(10)17/h4-5,7,13H,6,17H2,1-3H3,(H,18,20). The van der Waals surface area contributed by atoms with Crippen molar-refractivity contribution in [2.75, 3.05) is 31.3 Å². The second-order valence-electron chi connectivity index (χ2n) is 4.62. The van der Waals surface area contributed by atoms with Crippen molar-refractivity contribution in [2.24, 2.45) is 5.92 Å². The number of hydrogen-bond acceptors (Lipinski definition) is 4. The summed E-state index contributed by atoms with van der Waals surface area (Å²) in [5, 5.41) is 2.50. The first kappa shape index (κ1) is 16.9. The Bertz CT molecular complexity index is 512. The van der Waals surface area contributed by atoms with E-state index in [0.29, 0.717) is 5.69 Å². The van der Waals surface area contributed by atoms with E-state index in [1.165, 1.54) is 7.05 Å². The molecule has 1 aromatic rings. The fourth-order valence-corrected chi connectivity index (χ4v) is 1.91. The summed E-state index contributed by atoms with van der Waals surface area (Å²) in [4.78, 5) is 13.1. The van der Waals surface area contributed by atoms with Gasteiger partial charge in [-0.05, 0) is 0 Å².